The minimum absolute atomic E-state index is 0.187. The summed E-state index contributed by atoms with van der Waals surface area (Å²) in [6.45, 7) is 0. The summed E-state index contributed by atoms with van der Waals surface area (Å²) in [5.74, 6) is -1.42. The highest BCUT2D eigenvalue weighted by Crippen LogP contribution is 2.36. The van der Waals surface area contributed by atoms with E-state index in [-0.39, 0.29) is 5.75 Å². The van der Waals surface area contributed by atoms with Gasteiger partial charge in [0.05, 0.1) is 7.11 Å². The van der Waals surface area contributed by atoms with Crippen molar-refractivity contribution in [3.63, 3.8) is 0 Å². The number of nitro groups is 1. The molecule has 15 heavy (non-hydrogen) atoms. The quantitative estimate of drug-likeness (QED) is 0.567. The first-order valence-corrected chi connectivity index (χ1v) is 3.62. The van der Waals surface area contributed by atoms with Crippen molar-refractivity contribution in [3.8, 4) is 5.75 Å². The zero-order valence-corrected chi connectivity index (χ0v) is 7.41. The topological polar surface area (TPSA) is 65.3 Å². The molecular weight excluding hydrogens is 217 g/mol. The van der Waals surface area contributed by atoms with Gasteiger partial charge in [-0.2, -0.15) is 13.2 Å². The third-order valence-corrected chi connectivity index (χ3v) is 1.56. The van der Waals surface area contributed by atoms with Gasteiger partial charge >= 0.3 is 12.0 Å². The summed E-state index contributed by atoms with van der Waals surface area (Å²) < 4.78 is 41.5. The molecule has 0 aromatic carbocycles. The van der Waals surface area contributed by atoms with Crippen LogP contribution in [0.4, 0.5) is 19.0 Å². The molecule has 1 aromatic rings. The Hall–Kier alpha value is -1.86. The molecule has 0 bridgehead atoms. The predicted molar refractivity (Wildman–Crippen MR) is 42.4 cm³/mol. The molecule has 0 saturated heterocycles. The van der Waals surface area contributed by atoms with Crippen molar-refractivity contribution in [2.45, 2.75) is 6.18 Å². The van der Waals surface area contributed by atoms with Crippen LogP contribution < -0.4 is 4.74 Å². The Morgan fingerprint density at radius 2 is 2.13 bits per heavy atom. The number of nitrogens with zero attached hydrogens (tertiary/aromatic N) is 2. The molecule has 8 heteroatoms. The number of hydrogen-bond acceptors (Lipinski definition) is 4. The maximum Gasteiger partial charge on any atom is 0.424 e. The van der Waals surface area contributed by atoms with Crippen molar-refractivity contribution >= 4 is 5.82 Å². The van der Waals surface area contributed by atoms with Gasteiger partial charge in [-0.3, -0.25) is 0 Å². The molecule has 0 fully saturated rings. The summed E-state index contributed by atoms with van der Waals surface area (Å²) in [7, 11) is 1.14. The van der Waals surface area contributed by atoms with E-state index in [1.807, 2.05) is 0 Å². The van der Waals surface area contributed by atoms with Crippen LogP contribution in [0.25, 0.3) is 0 Å². The van der Waals surface area contributed by atoms with Crippen molar-refractivity contribution in [3.05, 3.63) is 27.9 Å². The molecule has 1 rings (SSSR count). The van der Waals surface area contributed by atoms with Crippen LogP contribution >= 0.6 is 0 Å². The summed E-state index contributed by atoms with van der Waals surface area (Å²) in [6.07, 6.45) is -3.97. The first kappa shape index (κ1) is 11.2. The predicted octanol–water partition coefficient (Wildman–Crippen LogP) is 2.02. The van der Waals surface area contributed by atoms with Gasteiger partial charge in [-0.25, -0.2) is 0 Å². The van der Waals surface area contributed by atoms with Gasteiger partial charge in [0, 0.05) is 6.07 Å². The molecule has 0 aliphatic rings. The van der Waals surface area contributed by atoms with E-state index in [2.05, 4.69) is 9.72 Å². The number of methoxy groups -OCH3 is 1. The van der Waals surface area contributed by atoms with Crippen molar-refractivity contribution in [2.24, 2.45) is 0 Å². The summed E-state index contributed by atoms with van der Waals surface area (Å²) in [4.78, 5) is 12.1. The smallest absolute Gasteiger partial charge is 0.424 e. The lowest BCUT2D eigenvalue weighted by atomic mass is 10.2. The molecule has 82 valence electrons. The first-order valence-electron chi connectivity index (χ1n) is 3.62. The Morgan fingerprint density at radius 3 is 2.53 bits per heavy atom. The Bertz CT molecular complexity index is 392. The van der Waals surface area contributed by atoms with Crippen LogP contribution in [0.3, 0.4) is 0 Å². The Balaban J connectivity index is 3.36. The number of pyridine rings is 1. The van der Waals surface area contributed by atoms with Crippen LogP contribution in [-0.2, 0) is 6.18 Å². The molecule has 0 aliphatic heterocycles. The number of aromatic nitrogens is 1. The lowest BCUT2D eigenvalue weighted by Crippen LogP contribution is -2.10. The second-order valence-corrected chi connectivity index (χ2v) is 2.50. The molecule has 0 radical (unpaired) electrons. The van der Waals surface area contributed by atoms with Gasteiger partial charge in [-0.05, 0) is 9.91 Å². The average Bonchev–Trinajstić information content (AvgIpc) is 2.15. The van der Waals surface area contributed by atoms with E-state index in [0.29, 0.717) is 6.07 Å². The Labute approximate surface area is 81.6 Å². The zero-order chi connectivity index (χ0) is 11.6. The maximum absolute atomic E-state index is 12.3. The molecule has 5 nitrogen and oxygen atoms in total. The van der Waals surface area contributed by atoms with Crippen molar-refractivity contribution in [1.82, 2.24) is 4.98 Å². The maximum atomic E-state index is 12.3. The summed E-state index contributed by atoms with van der Waals surface area (Å²) in [5.41, 5.74) is -1.42. The van der Waals surface area contributed by atoms with Gasteiger partial charge in [-0.1, -0.05) is 0 Å². The van der Waals surface area contributed by atoms with E-state index in [1.54, 1.807) is 0 Å². The highest BCUT2D eigenvalue weighted by atomic mass is 19.4. The largest absolute Gasteiger partial charge is 0.493 e. The van der Waals surface area contributed by atoms with Crippen molar-refractivity contribution < 1.29 is 22.8 Å². The second kappa shape index (κ2) is 3.71. The molecule has 0 saturated carbocycles. The number of alkyl halides is 3. The van der Waals surface area contributed by atoms with Gasteiger partial charge in [0.2, 0.25) is 0 Å². The fourth-order valence-electron chi connectivity index (χ4n) is 0.904. The van der Waals surface area contributed by atoms with E-state index in [0.717, 1.165) is 13.3 Å². The molecule has 1 aromatic heterocycles. The minimum atomic E-state index is -4.83. The lowest BCUT2D eigenvalue weighted by Gasteiger charge is -2.07. The Morgan fingerprint density at radius 1 is 1.53 bits per heavy atom. The molecule has 0 N–H and O–H groups in total. The van der Waals surface area contributed by atoms with Gasteiger partial charge in [-0.15, -0.1) is 0 Å². The molecule has 0 amide bonds. The molecule has 0 aliphatic carbocycles. The normalized spacial score (nSPS) is 11.2. The fourth-order valence-corrected chi connectivity index (χ4v) is 0.904. The third kappa shape index (κ3) is 2.33. The van der Waals surface area contributed by atoms with Crippen molar-refractivity contribution in [1.29, 1.82) is 0 Å². The van der Waals surface area contributed by atoms with Crippen LogP contribution in [0.2, 0.25) is 0 Å². The highest BCUT2D eigenvalue weighted by molar-refractivity contribution is 5.39. The third-order valence-electron chi connectivity index (χ3n) is 1.56. The monoisotopic (exact) mass is 222 g/mol. The average molecular weight is 222 g/mol. The fraction of sp³-hybridized carbons (Fsp3) is 0.286. The SMILES string of the molecule is COc1cnc([N+](=O)[O-])c(C(F)(F)F)c1. The Kier molecular flexibility index (Phi) is 2.78. The molecule has 0 unspecified atom stereocenters. The minimum Gasteiger partial charge on any atom is -0.493 e. The molecule has 0 atom stereocenters. The summed E-state index contributed by atoms with van der Waals surface area (Å²) in [6, 6.07) is 0.533. The highest BCUT2D eigenvalue weighted by Gasteiger charge is 2.39. The molecule has 0 spiro atoms. The standard InChI is InChI=1S/C7H5F3N2O3/c1-15-4-2-5(7(8,9)10)6(11-3-4)12(13)14/h2-3H,1H3. The van der Waals surface area contributed by atoms with Crippen LogP contribution in [0.15, 0.2) is 12.3 Å². The van der Waals surface area contributed by atoms with Crippen LogP contribution in [0.5, 0.6) is 5.75 Å². The van der Waals surface area contributed by atoms with Gasteiger partial charge in [0.25, 0.3) is 0 Å². The van der Waals surface area contributed by atoms with Crippen LogP contribution in [0.1, 0.15) is 5.56 Å². The first-order chi connectivity index (χ1) is 6.86. The summed E-state index contributed by atoms with van der Waals surface area (Å²) >= 11 is 0. The zero-order valence-electron chi connectivity index (χ0n) is 7.41. The second-order valence-electron chi connectivity index (χ2n) is 2.50. The number of halogens is 3. The molecule has 1 heterocycles. The van der Waals surface area contributed by atoms with Crippen LogP contribution in [-0.4, -0.2) is 17.0 Å². The van der Waals surface area contributed by atoms with Gasteiger partial charge in [0.1, 0.15) is 0 Å². The number of rotatable bonds is 2. The van der Waals surface area contributed by atoms with E-state index in [1.165, 1.54) is 0 Å². The number of hydrogen-bond donors (Lipinski definition) is 0. The van der Waals surface area contributed by atoms with E-state index >= 15 is 0 Å². The van der Waals surface area contributed by atoms with E-state index in [4.69, 9.17) is 0 Å². The number of ether oxygens (including phenoxy) is 1. The van der Waals surface area contributed by atoms with Gasteiger partial charge in [0.15, 0.2) is 17.5 Å². The van der Waals surface area contributed by atoms with Crippen molar-refractivity contribution in [2.75, 3.05) is 7.11 Å². The lowest BCUT2D eigenvalue weighted by molar-refractivity contribution is -0.392. The van der Waals surface area contributed by atoms with Crippen LogP contribution in [0, 0.1) is 10.1 Å². The van der Waals surface area contributed by atoms with Gasteiger partial charge < -0.3 is 14.9 Å². The summed E-state index contributed by atoms with van der Waals surface area (Å²) in [5, 5.41) is 10.3. The molecular formula is C7H5F3N2O3. The van der Waals surface area contributed by atoms with E-state index < -0.39 is 22.5 Å². The van der Waals surface area contributed by atoms with E-state index in [9.17, 15) is 23.3 Å².